The van der Waals surface area contributed by atoms with Gasteiger partial charge in [0.25, 0.3) is 0 Å². The molecule has 154 valence electrons. The molecule has 8 nitrogen and oxygen atoms in total. The average Bonchev–Trinajstić information content (AvgIpc) is 3.41. The van der Waals surface area contributed by atoms with E-state index in [1.165, 1.54) is 5.56 Å². The maximum atomic E-state index is 6.23. The smallest absolute Gasteiger partial charge is 0.228 e. The Morgan fingerprint density at radius 1 is 1.00 bits per heavy atom. The van der Waals surface area contributed by atoms with Gasteiger partial charge < -0.3 is 15.1 Å². The SMILES string of the molecule is Cn1nc2nc(N3CCN(CCc4ccccc4)CC3)nc(-c3ccco3)c2c1N. The Morgan fingerprint density at radius 2 is 1.80 bits per heavy atom. The number of hydrogen-bond donors (Lipinski definition) is 1. The average molecular weight is 403 g/mol. The van der Waals surface area contributed by atoms with Gasteiger partial charge in [-0.05, 0) is 24.1 Å². The predicted molar refractivity (Wildman–Crippen MR) is 117 cm³/mol. The van der Waals surface area contributed by atoms with E-state index in [1.54, 1.807) is 10.9 Å². The maximum absolute atomic E-state index is 6.23. The molecule has 5 rings (SSSR count). The van der Waals surface area contributed by atoms with Gasteiger partial charge in [0.05, 0.1) is 11.6 Å². The van der Waals surface area contributed by atoms with E-state index in [2.05, 4.69) is 45.2 Å². The van der Waals surface area contributed by atoms with Crippen LogP contribution < -0.4 is 10.6 Å². The lowest BCUT2D eigenvalue weighted by molar-refractivity contribution is 0.260. The first-order valence-corrected chi connectivity index (χ1v) is 10.2. The zero-order chi connectivity index (χ0) is 20.5. The quantitative estimate of drug-likeness (QED) is 0.548. The molecule has 1 aliphatic heterocycles. The molecule has 0 atom stereocenters. The molecule has 0 saturated carbocycles. The third-order valence-corrected chi connectivity index (χ3v) is 5.70. The lowest BCUT2D eigenvalue weighted by Gasteiger charge is -2.34. The van der Waals surface area contributed by atoms with E-state index in [9.17, 15) is 0 Å². The normalized spacial score (nSPS) is 15.2. The first-order chi connectivity index (χ1) is 14.7. The maximum Gasteiger partial charge on any atom is 0.228 e. The van der Waals surface area contributed by atoms with Gasteiger partial charge >= 0.3 is 0 Å². The van der Waals surface area contributed by atoms with E-state index in [-0.39, 0.29) is 0 Å². The van der Waals surface area contributed by atoms with Gasteiger partial charge in [-0.1, -0.05) is 30.3 Å². The van der Waals surface area contributed by atoms with Gasteiger partial charge in [0.2, 0.25) is 5.95 Å². The summed E-state index contributed by atoms with van der Waals surface area (Å²) in [5, 5.41) is 5.21. The van der Waals surface area contributed by atoms with Crippen molar-refractivity contribution < 1.29 is 4.42 Å². The molecule has 0 unspecified atom stereocenters. The third-order valence-electron chi connectivity index (χ3n) is 5.70. The number of nitrogens with zero attached hydrogens (tertiary/aromatic N) is 6. The molecule has 1 aliphatic rings. The number of fused-ring (bicyclic) bond motifs is 1. The second-order valence-electron chi connectivity index (χ2n) is 7.62. The largest absolute Gasteiger partial charge is 0.463 e. The molecular formula is C22H25N7O. The van der Waals surface area contributed by atoms with E-state index in [0.717, 1.165) is 44.5 Å². The lowest BCUT2D eigenvalue weighted by atomic mass is 10.1. The van der Waals surface area contributed by atoms with Gasteiger partial charge in [-0.2, -0.15) is 10.1 Å². The van der Waals surface area contributed by atoms with Crippen molar-refractivity contribution in [2.24, 2.45) is 7.05 Å². The number of nitrogen functional groups attached to an aromatic ring is 1. The number of nitrogens with two attached hydrogens (primary N) is 1. The Labute approximate surface area is 174 Å². The molecule has 1 saturated heterocycles. The summed E-state index contributed by atoms with van der Waals surface area (Å²) in [4.78, 5) is 14.3. The minimum absolute atomic E-state index is 0.536. The number of piperazine rings is 1. The monoisotopic (exact) mass is 403 g/mol. The first-order valence-electron chi connectivity index (χ1n) is 10.2. The van der Waals surface area contributed by atoms with Crippen molar-refractivity contribution in [2.75, 3.05) is 43.4 Å². The van der Waals surface area contributed by atoms with Crippen molar-refractivity contribution >= 4 is 22.8 Å². The van der Waals surface area contributed by atoms with E-state index in [4.69, 9.17) is 20.1 Å². The molecule has 0 amide bonds. The van der Waals surface area contributed by atoms with Crippen LogP contribution in [-0.4, -0.2) is 57.4 Å². The minimum atomic E-state index is 0.536. The molecule has 0 spiro atoms. The van der Waals surface area contributed by atoms with Crippen LogP contribution in [0.4, 0.5) is 11.8 Å². The fourth-order valence-electron chi connectivity index (χ4n) is 3.94. The molecule has 4 aromatic rings. The summed E-state index contributed by atoms with van der Waals surface area (Å²) in [6.45, 7) is 4.77. The van der Waals surface area contributed by atoms with Crippen LogP contribution in [0.25, 0.3) is 22.5 Å². The van der Waals surface area contributed by atoms with Crippen molar-refractivity contribution in [3.63, 3.8) is 0 Å². The minimum Gasteiger partial charge on any atom is -0.463 e. The third kappa shape index (κ3) is 3.50. The van der Waals surface area contributed by atoms with E-state index < -0.39 is 0 Å². The van der Waals surface area contributed by atoms with Gasteiger partial charge in [-0.15, -0.1) is 0 Å². The Morgan fingerprint density at radius 3 is 2.53 bits per heavy atom. The van der Waals surface area contributed by atoms with Gasteiger partial charge in [-0.3, -0.25) is 9.58 Å². The summed E-state index contributed by atoms with van der Waals surface area (Å²) in [7, 11) is 1.81. The number of benzene rings is 1. The van der Waals surface area contributed by atoms with Gasteiger partial charge in [-0.25, -0.2) is 4.98 Å². The summed E-state index contributed by atoms with van der Waals surface area (Å²) < 4.78 is 7.25. The zero-order valence-corrected chi connectivity index (χ0v) is 17.0. The molecule has 1 fully saturated rings. The van der Waals surface area contributed by atoms with Crippen LogP contribution in [0.5, 0.6) is 0 Å². The Kier molecular flexibility index (Phi) is 4.84. The lowest BCUT2D eigenvalue weighted by Crippen LogP contribution is -2.47. The van der Waals surface area contributed by atoms with Crippen LogP contribution in [0.2, 0.25) is 0 Å². The summed E-state index contributed by atoms with van der Waals surface area (Å²) >= 11 is 0. The van der Waals surface area contributed by atoms with Crippen LogP contribution in [0.1, 0.15) is 5.56 Å². The van der Waals surface area contributed by atoms with Gasteiger partial charge in [0, 0.05) is 39.8 Å². The number of anilines is 2. The molecule has 0 aliphatic carbocycles. The van der Waals surface area contributed by atoms with Crippen LogP contribution in [0.3, 0.4) is 0 Å². The highest BCUT2D eigenvalue weighted by atomic mass is 16.3. The van der Waals surface area contributed by atoms with Crippen molar-refractivity contribution in [1.29, 1.82) is 0 Å². The number of aromatic nitrogens is 4. The number of furan rings is 1. The highest BCUT2D eigenvalue weighted by Crippen LogP contribution is 2.32. The van der Waals surface area contributed by atoms with Crippen LogP contribution >= 0.6 is 0 Å². The standard InChI is InChI=1S/C22H25N7O/c1-27-20(23)18-19(17-8-5-15-30-17)24-22(25-21(18)26-27)29-13-11-28(12-14-29)10-9-16-6-3-2-4-7-16/h2-8,15H,9-14,23H2,1H3. The van der Waals surface area contributed by atoms with E-state index in [0.29, 0.717) is 28.9 Å². The molecule has 8 heteroatoms. The molecule has 0 radical (unpaired) electrons. The molecule has 0 bridgehead atoms. The van der Waals surface area contributed by atoms with E-state index >= 15 is 0 Å². The molecule has 4 heterocycles. The van der Waals surface area contributed by atoms with Crippen molar-refractivity contribution in [1.82, 2.24) is 24.6 Å². The Bertz CT molecular complexity index is 1130. The molecule has 1 aromatic carbocycles. The summed E-state index contributed by atoms with van der Waals surface area (Å²) in [5.41, 5.74) is 8.90. The second kappa shape index (κ2) is 7.79. The summed E-state index contributed by atoms with van der Waals surface area (Å²) in [6, 6.07) is 14.4. The van der Waals surface area contributed by atoms with Gasteiger partial charge in [0.15, 0.2) is 11.4 Å². The fraction of sp³-hybridized carbons (Fsp3) is 0.318. The van der Waals surface area contributed by atoms with Crippen molar-refractivity contribution in [3.8, 4) is 11.5 Å². The number of aryl methyl sites for hydroxylation is 1. The van der Waals surface area contributed by atoms with Crippen LogP contribution in [0, 0.1) is 0 Å². The zero-order valence-electron chi connectivity index (χ0n) is 17.0. The topological polar surface area (TPSA) is 89.2 Å². The predicted octanol–water partition coefficient (Wildman–Crippen LogP) is 2.57. The molecule has 30 heavy (non-hydrogen) atoms. The fourth-order valence-corrected chi connectivity index (χ4v) is 3.94. The second-order valence-corrected chi connectivity index (χ2v) is 7.62. The molecule has 3 aromatic heterocycles. The number of rotatable bonds is 5. The van der Waals surface area contributed by atoms with Gasteiger partial charge in [0.1, 0.15) is 11.5 Å². The highest BCUT2D eigenvalue weighted by molar-refractivity contribution is 5.97. The van der Waals surface area contributed by atoms with Crippen LogP contribution in [-0.2, 0) is 13.5 Å². The van der Waals surface area contributed by atoms with Crippen LogP contribution in [0.15, 0.2) is 53.1 Å². The first kappa shape index (κ1) is 18.6. The van der Waals surface area contributed by atoms with Crippen molar-refractivity contribution in [2.45, 2.75) is 6.42 Å². The highest BCUT2D eigenvalue weighted by Gasteiger charge is 2.23. The number of hydrogen-bond acceptors (Lipinski definition) is 7. The Balaban J connectivity index is 1.34. The molecular weight excluding hydrogens is 378 g/mol. The van der Waals surface area contributed by atoms with E-state index in [1.807, 2.05) is 19.2 Å². The Hall–Kier alpha value is -3.39. The summed E-state index contributed by atoms with van der Waals surface area (Å²) in [5.74, 6) is 1.88. The summed E-state index contributed by atoms with van der Waals surface area (Å²) in [6.07, 6.45) is 2.71. The molecule has 2 N–H and O–H groups in total. The van der Waals surface area contributed by atoms with Crippen molar-refractivity contribution in [3.05, 3.63) is 54.3 Å².